The molecule has 4 aliphatic carbocycles. The van der Waals surface area contributed by atoms with Gasteiger partial charge in [-0.15, -0.1) is 0 Å². The first-order valence-electron chi connectivity index (χ1n) is 11.6. The molecule has 4 saturated carbocycles. The fourth-order valence-electron chi connectivity index (χ4n) is 6.61. The van der Waals surface area contributed by atoms with Gasteiger partial charge in [0.05, 0.1) is 19.0 Å². The molecule has 3 aromatic rings. The lowest BCUT2D eigenvalue weighted by molar-refractivity contribution is -0.0127. The van der Waals surface area contributed by atoms with Crippen LogP contribution < -0.4 is 15.4 Å². The molecule has 4 fully saturated rings. The zero-order valence-electron chi connectivity index (χ0n) is 18.5. The van der Waals surface area contributed by atoms with Gasteiger partial charge in [0.15, 0.2) is 23.0 Å². The Kier molecular flexibility index (Phi) is 4.64. The van der Waals surface area contributed by atoms with Crippen molar-refractivity contribution < 1.29 is 14.6 Å². The van der Waals surface area contributed by atoms with Gasteiger partial charge in [0, 0.05) is 11.1 Å². The lowest BCUT2D eigenvalue weighted by atomic mass is 9.53. The Labute approximate surface area is 191 Å². The summed E-state index contributed by atoms with van der Waals surface area (Å²) in [5.74, 6) is 3.10. The molecule has 170 valence electrons. The molecule has 4 bridgehead atoms. The number of urea groups is 1. The maximum Gasteiger partial charge on any atom is 0.320 e. The van der Waals surface area contributed by atoms with E-state index in [0.717, 1.165) is 42.6 Å². The highest BCUT2D eigenvalue weighted by atomic mass is 16.5. The van der Waals surface area contributed by atoms with Gasteiger partial charge < -0.3 is 15.2 Å². The van der Waals surface area contributed by atoms with E-state index in [-0.39, 0.29) is 17.3 Å². The highest BCUT2D eigenvalue weighted by Crippen LogP contribution is 2.55. The van der Waals surface area contributed by atoms with E-state index in [9.17, 15) is 9.90 Å². The molecule has 2 aromatic heterocycles. The van der Waals surface area contributed by atoms with Crippen LogP contribution in [0, 0.1) is 17.8 Å². The Hall–Kier alpha value is -3.42. The number of nitrogens with zero attached hydrogens (tertiary/aromatic N) is 3. The number of methoxy groups -OCH3 is 1. The van der Waals surface area contributed by atoms with Gasteiger partial charge in [-0.1, -0.05) is 0 Å². The zero-order chi connectivity index (χ0) is 22.6. The van der Waals surface area contributed by atoms with Gasteiger partial charge in [0.2, 0.25) is 0 Å². The predicted molar refractivity (Wildman–Crippen MR) is 124 cm³/mol. The number of anilines is 1. The van der Waals surface area contributed by atoms with Gasteiger partial charge in [-0.2, -0.15) is 0 Å². The van der Waals surface area contributed by atoms with Gasteiger partial charge in [-0.05, 0) is 86.6 Å². The van der Waals surface area contributed by atoms with Crippen molar-refractivity contribution in [2.75, 3.05) is 12.4 Å². The third kappa shape index (κ3) is 3.73. The first-order chi connectivity index (χ1) is 16.0. The van der Waals surface area contributed by atoms with Crippen LogP contribution in [0.5, 0.6) is 11.5 Å². The molecule has 7 rings (SSSR count). The number of hydrogen-bond acceptors (Lipinski definition) is 6. The third-order valence-corrected chi connectivity index (χ3v) is 7.54. The summed E-state index contributed by atoms with van der Waals surface area (Å²) in [4.78, 5) is 26.4. The predicted octanol–water partition coefficient (Wildman–Crippen LogP) is 4.50. The average Bonchev–Trinajstić information content (AvgIpc) is 2.77. The number of aromatic nitrogens is 3. The molecule has 1 aromatic carbocycles. The van der Waals surface area contributed by atoms with Crippen LogP contribution >= 0.6 is 0 Å². The summed E-state index contributed by atoms with van der Waals surface area (Å²) < 4.78 is 5.20. The second-order valence-corrected chi connectivity index (χ2v) is 9.96. The fraction of sp³-hybridized carbons (Fsp3) is 0.440. The highest BCUT2D eigenvalue weighted by Gasteiger charge is 2.51. The van der Waals surface area contributed by atoms with E-state index in [1.165, 1.54) is 26.4 Å². The van der Waals surface area contributed by atoms with E-state index in [4.69, 9.17) is 4.74 Å². The van der Waals surface area contributed by atoms with Gasteiger partial charge in [0.1, 0.15) is 5.52 Å². The van der Waals surface area contributed by atoms with Crippen molar-refractivity contribution in [1.29, 1.82) is 0 Å². The lowest BCUT2D eigenvalue weighted by Gasteiger charge is -2.56. The molecule has 4 aliphatic rings. The molecule has 0 radical (unpaired) electrons. The zero-order valence-corrected chi connectivity index (χ0v) is 18.5. The number of pyridine rings is 1. The number of phenolic OH excluding ortho intramolecular Hbond substituents is 1. The molecule has 2 heterocycles. The Morgan fingerprint density at radius 2 is 1.79 bits per heavy atom. The standard InChI is InChI=1S/C25H27N5O3/c1-33-21-9-17(2-5-20(21)31)18-3-4-19-23(27-18)28-22(13-26-19)29-24(32)30-25-10-14-6-15(11-25)8-16(7-14)12-25/h2-5,9,13-16,31H,6-8,10-12H2,1H3,(H2,27,28,29,30,32). The van der Waals surface area contributed by atoms with Crippen molar-refractivity contribution in [3.8, 4) is 22.8 Å². The second-order valence-electron chi connectivity index (χ2n) is 9.96. The SMILES string of the molecule is COc1cc(-c2ccc3ncc(NC(=O)NC45CC6CC(CC(C6)C4)C5)nc3n2)ccc1O. The molecule has 0 aliphatic heterocycles. The maximum absolute atomic E-state index is 12.9. The minimum Gasteiger partial charge on any atom is -0.504 e. The topological polar surface area (TPSA) is 109 Å². The van der Waals surface area contributed by atoms with Gasteiger partial charge in [-0.3, -0.25) is 5.32 Å². The normalized spacial score (nSPS) is 27.5. The molecule has 3 N–H and O–H groups in total. The molecule has 0 saturated heterocycles. The van der Waals surface area contributed by atoms with Crippen LogP contribution in [0.25, 0.3) is 22.4 Å². The van der Waals surface area contributed by atoms with Crippen molar-refractivity contribution >= 4 is 23.0 Å². The maximum atomic E-state index is 12.9. The molecular formula is C25H27N5O3. The molecule has 2 amide bonds. The Morgan fingerprint density at radius 1 is 1.06 bits per heavy atom. The minimum atomic E-state index is -0.218. The Bertz CT molecular complexity index is 1210. The molecule has 0 unspecified atom stereocenters. The number of carbonyl (C=O) groups is 1. The van der Waals surface area contributed by atoms with Gasteiger partial charge >= 0.3 is 6.03 Å². The molecule has 33 heavy (non-hydrogen) atoms. The van der Waals surface area contributed by atoms with E-state index in [1.54, 1.807) is 24.4 Å². The number of fused-ring (bicyclic) bond motifs is 1. The third-order valence-electron chi connectivity index (χ3n) is 7.54. The lowest BCUT2D eigenvalue weighted by Crippen LogP contribution is -2.60. The minimum absolute atomic E-state index is 0.0630. The number of carbonyl (C=O) groups excluding carboxylic acids is 1. The van der Waals surface area contributed by atoms with Crippen molar-refractivity contribution in [3.63, 3.8) is 0 Å². The van der Waals surface area contributed by atoms with Crippen LogP contribution in [0.4, 0.5) is 10.6 Å². The number of rotatable bonds is 4. The van der Waals surface area contributed by atoms with Crippen molar-refractivity contribution in [3.05, 3.63) is 36.5 Å². The molecule has 8 heteroatoms. The summed E-state index contributed by atoms with van der Waals surface area (Å²) >= 11 is 0. The number of aromatic hydroxyl groups is 1. The van der Waals surface area contributed by atoms with Crippen molar-refractivity contribution in [2.24, 2.45) is 17.8 Å². The number of amides is 2. The molecule has 0 spiro atoms. The average molecular weight is 446 g/mol. The second kappa shape index (κ2) is 7.57. The first-order valence-corrected chi connectivity index (χ1v) is 11.6. The fourth-order valence-corrected chi connectivity index (χ4v) is 6.61. The first kappa shape index (κ1) is 20.2. The number of hydrogen-bond donors (Lipinski definition) is 3. The quantitative estimate of drug-likeness (QED) is 0.546. The van der Waals surface area contributed by atoms with Crippen molar-refractivity contribution in [2.45, 2.75) is 44.1 Å². The van der Waals surface area contributed by atoms with Crippen LogP contribution in [0.3, 0.4) is 0 Å². The van der Waals surface area contributed by atoms with E-state index >= 15 is 0 Å². The van der Waals surface area contributed by atoms with E-state index < -0.39 is 0 Å². The van der Waals surface area contributed by atoms with E-state index in [2.05, 4.69) is 25.6 Å². The summed E-state index contributed by atoms with van der Waals surface area (Å²) in [6.07, 6.45) is 8.84. The summed E-state index contributed by atoms with van der Waals surface area (Å²) in [6.45, 7) is 0. The highest BCUT2D eigenvalue weighted by molar-refractivity contribution is 5.89. The summed E-state index contributed by atoms with van der Waals surface area (Å²) in [7, 11) is 1.50. The summed E-state index contributed by atoms with van der Waals surface area (Å²) in [5, 5.41) is 16.0. The molecule has 0 atom stereocenters. The van der Waals surface area contributed by atoms with Crippen LogP contribution in [0.15, 0.2) is 36.5 Å². The number of phenols is 1. The number of nitrogens with one attached hydrogen (secondary N) is 2. The van der Waals surface area contributed by atoms with Crippen LogP contribution in [-0.4, -0.2) is 38.7 Å². The van der Waals surface area contributed by atoms with Crippen LogP contribution in [0.2, 0.25) is 0 Å². The monoisotopic (exact) mass is 445 g/mol. The summed E-state index contributed by atoms with van der Waals surface area (Å²) in [5.41, 5.74) is 2.46. The summed E-state index contributed by atoms with van der Waals surface area (Å²) in [6, 6.07) is 8.51. The molecular weight excluding hydrogens is 418 g/mol. The molecule has 8 nitrogen and oxygen atoms in total. The van der Waals surface area contributed by atoms with E-state index in [1.807, 2.05) is 12.1 Å². The number of ether oxygens (including phenoxy) is 1. The van der Waals surface area contributed by atoms with Gasteiger partial charge in [-0.25, -0.2) is 19.7 Å². The van der Waals surface area contributed by atoms with Crippen LogP contribution in [-0.2, 0) is 0 Å². The van der Waals surface area contributed by atoms with Gasteiger partial charge in [0.25, 0.3) is 0 Å². The number of benzene rings is 1. The Morgan fingerprint density at radius 3 is 2.48 bits per heavy atom. The smallest absolute Gasteiger partial charge is 0.320 e. The van der Waals surface area contributed by atoms with Crippen molar-refractivity contribution in [1.82, 2.24) is 20.3 Å². The Balaban J connectivity index is 1.21. The van der Waals surface area contributed by atoms with E-state index in [0.29, 0.717) is 28.4 Å². The largest absolute Gasteiger partial charge is 0.504 e. The van der Waals surface area contributed by atoms with Crippen LogP contribution in [0.1, 0.15) is 38.5 Å².